The zero-order valence-corrected chi connectivity index (χ0v) is 21.3. The molecule has 1 aliphatic heterocycles. The van der Waals surface area contributed by atoms with Crippen LogP contribution in [-0.4, -0.2) is 14.7 Å². The Morgan fingerprint density at radius 3 is 2.42 bits per heavy atom. The number of hydrogen-bond acceptors (Lipinski definition) is 2. The van der Waals surface area contributed by atoms with Crippen molar-refractivity contribution in [2.24, 2.45) is 0 Å². The molecule has 4 aromatic rings. The molecule has 0 amide bonds. The molecule has 33 heavy (non-hydrogen) atoms. The lowest BCUT2D eigenvalue weighted by Gasteiger charge is -2.28. The molecule has 0 spiro atoms. The minimum atomic E-state index is -0.0949. The maximum absolute atomic E-state index is 6.58. The van der Waals surface area contributed by atoms with Crippen LogP contribution in [0.3, 0.4) is 0 Å². The molecule has 0 radical (unpaired) electrons. The number of para-hydroxylation sites is 1. The molecule has 5 rings (SSSR count). The van der Waals surface area contributed by atoms with Crippen molar-refractivity contribution in [2.45, 2.75) is 25.9 Å². The molecule has 166 valence electrons. The van der Waals surface area contributed by atoms with Gasteiger partial charge in [0, 0.05) is 27.7 Å². The molecule has 2 atom stereocenters. The minimum absolute atomic E-state index is 0.0731. The molecule has 0 bridgehead atoms. The number of halogens is 2. The highest BCUT2D eigenvalue weighted by molar-refractivity contribution is 9.10. The summed E-state index contributed by atoms with van der Waals surface area (Å²) in [7, 11) is 0. The number of pyridine rings is 1. The number of benzene rings is 2. The number of nitrogens with zero attached hydrogens (tertiary/aromatic N) is 3. The molecular weight excluding hydrogens is 516 g/mol. The van der Waals surface area contributed by atoms with Crippen LogP contribution in [0, 0.1) is 13.8 Å². The van der Waals surface area contributed by atoms with Gasteiger partial charge in [-0.2, -0.15) is 0 Å². The van der Waals surface area contributed by atoms with Crippen molar-refractivity contribution in [1.29, 1.82) is 0 Å². The predicted molar refractivity (Wildman–Crippen MR) is 142 cm³/mol. The topological polar surface area (TPSA) is 33.1 Å². The van der Waals surface area contributed by atoms with E-state index in [1.165, 1.54) is 5.56 Å². The number of nitrogens with one attached hydrogen (secondary N) is 1. The van der Waals surface area contributed by atoms with E-state index in [9.17, 15) is 0 Å². The molecule has 2 aromatic heterocycles. The van der Waals surface area contributed by atoms with Crippen LogP contribution in [0.15, 0.2) is 83.5 Å². The number of rotatable bonds is 4. The highest BCUT2D eigenvalue weighted by Gasteiger charge is 2.42. The number of aromatic nitrogens is 2. The summed E-state index contributed by atoms with van der Waals surface area (Å²) in [6.07, 6.45) is 1.83. The Bertz CT molecular complexity index is 1320. The lowest BCUT2D eigenvalue weighted by Crippen LogP contribution is -2.29. The average Bonchev–Trinajstić information content (AvgIpc) is 3.31. The fraction of sp³-hybridized carbons (Fsp3) is 0.154. The monoisotopic (exact) mass is 536 g/mol. The Labute approximate surface area is 212 Å². The second-order valence-electron chi connectivity index (χ2n) is 8.09. The van der Waals surface area contributed by atoms with Gasteiger partial charge in [0.05, 0.1) is 28.5 Å². The second-order valence-corrected chi connectivity index (χ2v) is 9.80. The maximum atomic E-state index is 6.58. The van der Waals surface area contributed by atoms with Gasteiger partial charge >= 0.3 is 0 Å². The largest absolute Gasteiger partial charge is 0.351 e. The van der Waals surface area contributed by atoms with Crippen LogP contribution in [0.4, 0.5) is 5.69 Å². The van der Waals surface area contributed by atoms with Gasteiger partial charge in [-0.05, 0) is 86.2 Å². The predicted octanol–water partition coefficient (Wildman–Crippen LogP) is 7.08. The van der Waals surface area contributed by atoms with Crippen molar-refractivity contribution < 1.29 is 0 Å². The van der Waals surface area contributed by atoms with E-state index in [4.69, 9.17) is 23.8 Å². The lowest BCUT2D eigenvalue weighted by atomic mass is 9.96. The number of anilines is 1. The number of thiocarbonyl (C=S) groups is 1. The van der Waals surface area contributed by atoms with Crippen LogP contribution in [0.5, 0.6) is 0 Å². The van der Waals surface area contributed by atoms with Crippen molar-refractivity contribution in [3.8, 4) is 5.69 Å². The molecule has 3 heterocycles. The molecule has 0 saturated carbocycles. The van der Waals surface area contributed by atoms with E-state index in [2.05, 4.69) is 67.7 Å². The van der Waals surface area contributed by atoms with Crippen LogP contribution < -0.4 is 10.2 Å². The van der Waals surface area contributed by atoms with Crippen molar-refractivity contribution in [3.63, 3.8) is 0 Å². The van der Waals surface area contributed by atoms with Gasteiger partial charge in [-0.3, -0.25) is 4.98 Å². The fourth-order valence-electron chi connectivity index (χ4n) is 4.64. The van der Waals surface area contributed by atoms with E-state index >= 15 is 0 Å². The first kappa shape index (κ1) is 22.1. The first-order valence-electron chi connectivity index (χ1n) is 10.7. The van der Waals surface area contributed by atoms with Crippen LogP contribution in [-0.2, 0) is 0 Å². The van der Waals surface area contributed by atoms with Gasteiger partial charge < -0.3 is 14.8 Å². The van der Waals surface area contributed by atoms with E-state index in [1.807, 2.05) is 60.8 Å². The summed E-state index contributed by atoms with van der Waals surface area (Å²) < 4.78 is 3.24. The molecule has 1 N–H and O–H groups in total. The fourth-order valence-corrected chi connectivity index (χ4v) is 5.47. The van der Waals surface area contributed by atoms with E-state index < -0.39 is 0 Å². The van der Waals surface area contributed by atoms with Crippen molar-refractivity contribution >= 4 is 50.5 Å². The first-order chi connectivity index (χ1) is 16.0. The Morgan fingerprint density at radius 1 is 1.00 bits per heavy atom. The van der Waals surface area contributed by atoms with Gasteiger partial charge in [0.2, 0.25) is 0 Å². The molecule has 2 aromatic carbocycles. The second kappa shape index (κ2) is 8.93. The van der Waals surface area contributed by atoms with Gasteiger partial charge in [-0.25, -0.2) is 0 Å². The van der Waals surface area contributed by atoms with Gasteiger partial charge in [-0.15, -0.1) is 0 Å². The van der Waals surface area contributed by atoms with Gasteiger partial charge in [0.25, 0.3) is 0 Å². The third-order valence-corrected chi connectivity index (χ3v) is 7.25. The summed E-state index contributed by atoms with van der Waals surface area (Å²) in [4.78, 5) is 6.85. The highest BCUT2D eigenvalue weighted by Crippen LogP contribution is 2.44. The summed E-state index contributed by atoms with van der Waals surface area (Å²) in [5, 5.41) is 4.94. The van der Waals surface area contributed by atoms with Crippen molar-refractivity contribution in [3.05, 3.63) is 111 Å². The molecular formula is C26H22BrClN4S. The van der Waals surface area contributed by atoms with Gasteiger partial charge in [-0.1, -0.05) is 45.7 Å². The minimum Gasteiger partial charge on any atom is -0.351 e. The molecule has 2 unspecified atom stereocenters. The smallest absolute Gasteiger partial charge is 0.174 e. The Balaban J connectivity index is 1.69. The van der Waals surface area contributed by atoms with E-state index in [0.717, 1.165) is 38.0 Å². The first-order valence-corrected chi connectivity index (χ1v) is 12.2. The third kappa shape index (κ3) is 3.97. The lowest BCUT2D eigenvalue weighted by molar-refractivity contribution is 0.565. The summed E-state index contributed by atoms with van der Waals surface area (Å²) in [6.45, 7) is 4.25. The van der Waals surface area contributed by atoms with Gasteiger partial charge in [0.15, 0.2) is 5.11 Å². The Kier molecular flexibility index (Phi) is 5.99. The summed E-state index contributed by atoms with van der Waals surface area (Å²) in [5.74, 6) is 0. The van der Waals surface area contributed by atoms with Gasteiger partial charge in [0.1, 0.15) is 0 Å². The summed E-state index contributed by atoms with van der Waals surface area (Å²) in [5.41, 5.74) is 6.37. The SMILES string of the molecule is Cc1cc(C2C(c3ccccn3)NC(=S)N2c2ccc(Br)cc2)c(C)n1-c1ccccc1Cl. The summed E-state index contributed by atoms with van der Waals surface area (Å²) in [6, 6.07) is 24.2. The summed E-state index contributed by atoms with van der Waals surface area (Å²) >= 11 is 16.0. The normalized spacial score (nSPS) is 17.9. The highest BCUT2D eigenvalue weighted by atomic mass is 79.9. The molecule has 7 heteroatoms. The average molecular weight is 538 g/mol. The van der Waals surface area contributed by atoms with E-state index in [-0.39, 0.29) is 12.1 Å². The number of aryl methyl sites for hydroxylation is 1. The molecule has 1 aliphatic rings. The van der Waals surface area contributed by atoms with Crippen LogP contribution >= 0.6 is 39.7 Å². The molecule has 1 saturated heterocycles. The third-order valence-electron chi connectivity index (χ3n) is 6.09. The van der Waals surface area contributed by atoms with Crippen LogP contribution in [0.25, 0.3) is 5.69 Å². The van der Waals surface area contributed by atoms with E-state index in [0.29, 0.717) is 5.11 Å². The number of hydrogen-bond donors (Lipinski definition) is 1. The zero-order valence-electron chi connectivity index (χ0n) is 18.2. The van der Waals surface area contributed by atoms with E-state index in [1.54, 1.807) is 0 Å². The molecule has 1 fully saturated rings. The van der Waals surface area contributed by atoms with Crippen LogP contribution in [0.1, 0.15) is 34.7 Å². The quantitative estimate of drug-likeness (QED) is 0.282. The maximum Gasteiger partial charge on any atom is 0.174 e. The molecule has 4 nitrogen and oxygen atoms in total. The van der Waals surface area contributed by atoms with Crippen molar-refractivity contribution in [1.82, 2.24) is 14.9 Å². The standard InChI is InChI=1S/C26H22BrClN4S/c1-16-15-20(17(2)31(16)23-9-4-3-7-21(23)28)25-24(22-8-5-6-14-29-22)30-26(33)32(25)19-12-10-18(27)11-13-19/h3-15,24-25H,1-2H3,(H,30,33). The Hall–Kier alpha value is -2.67. The van der Waals surface area contributed by atoms with Crippen LogP contribution in [0.2, 0.25) is 5.02 Å². The zero-order chi connectivity index (χ0) is 23.1. The van der Waals surface area contributed by atoms with Crippen molar-refractivity contribution in [2.75, 3.05) is 4.90 Å². The molecule has 0 aliphatic carbocycles. The Morgan fingerprint density at radius 2 is 1.73 bits per heavy atom.